The van der Waals surface area contributed by atoms with Crippen LogP contribution in [0.5, 0.6) is 0 Å². The molecule has 0 bridgehead atoms. The second-order valence-corrected chi connectivity index (χ2v) is 15.7. The average molecular weight is 607 g/mol. The van der Waals surface area contributed by atoms with Crippen molar-refractivity contribution in [3.05, 3.63) is 116 Å². The van der Waals surface area contributed by atoms with Gasteiger partial charge < -0.3 is 9.26 Å². The zero-order chi connectivity index (χ0) is 28.4. The van der Waals surface area contributed by atoms with E-state index in [4.69, 9.17) is 21.1 Å². The topological polar surface area (TPSA) is 42.0 Å². The van der Waals surface area contributed by atoms with Gasteiger partial charge in [0.1, 0.15) is 6.61 Å². The van der Waals surface area contributed by atoms with Crippen LogP contribution in [0, 0.1) is 27.7 Å². The molecular weight excluding hydrogens is 576 g/mol. The van der Waals surface area contributed by atoms with E-state index in [9.17, 15) is 4.79 Å². The highest BCUT2D eigenvalue weighted by molar-refractivity contribution is 8.14. The highest BCUT2D eigenvalue weighted by Gasteiger charge is 2.49. The first-order valence-electron chi connectivity index (χ1n) is 12.9. The number of rotatable bonds is 9. The van der Waals surface area contributed by atoms with Crippen molar-refractivity contribution in [3.8, 4) is 0 Å². The van der Waals surface area contributed by atoms with Crippen molar-refractivity contribution in [2.75, 3.05) is 22.6 Å². The van der Waals surface area contributed by atoms with E-state index in [2.05, 4.69) is 80.0 Å². The Morgan fingerprint density at radius 1 is 0.825 bits per heavy atom. The number of hydrogen-bond acceptors (Lipinski definition) is 6. The number of thiophene rings is 2. The fourth-order valence-corrected chi connectivity index (χ4v) is 10.5. The SMILES string of the molecule is C=CC(=O)OCCOP1(=S)N(c2ccccc2)C(c2cc(C)sc2C)=C(c2cc(C)sc2C)N1c1ccccc1. The summed E-state index contributed by atoms with van der Waals surface area (Å²) in [5.41, 5.74) is 6.24. The quantitative estimate of drug-likeness (QED) is 0.0821. The van der Waals surface area contributed by atoms with Crippen LogP contribution in [0.3, 0.4) is 0 Å². The molecule has 0 unspecified atom stereocenters. The summed E-state index contributed by atoms with van der Waals surface area (Å²) in [5.74, 6) is -0.486. The van der Waals surface area contributed by atoms with Crippen molar-refractivity contribution < 1.29 is 14.1 Å². The minimum absolute atomic E-state index is 0.0757. The first kappa shape index (κ1) is 28.5. The molecule has 40 heavy (non-hydrogen) atoms. The molecule has 0 radical (unpaired) electrons. The molecule has 0 atom stereocenters. The summed E-state index contributed by atoms with van der Waals surface area (Å²) in [6.07, 6.45) is 1.15. The highest BCUT2D eigenvalue weighted by Crippen LogP contribution is 2.70. The van der Waals surface area contributed by atoms with Crippen molar-refractivity contribution in [2.24, 2.45) is 0 Å². The summed E-state index contributed by atoms with van der Waals surface area (Å²) >= 11 is 10.2. The molecular formula is C31H31N2O3PS3. The van der Waals surface area contributed by atoms with Crippen LogP contribution in [-0.4, -0.2) is 19.2 Å². The summed E-state index contributed by atoms with van der Waals surface area (Å²) in [5, 5.41) is 0. The number of anilines is 2. The first-order chi connectivity index (χ1) is 19.2. The minimum Gasteiger partial charge on any atom is -0.460 e. The van der Waals surface area contributed by atoms with Gasteiger partial charge in [-0.1, -0.05) is 43.0 Å². The summed E-state index contributed by atoms with van der Waals surface area (Å²) < 4.78 is 16.5. The number of benzene rings is 2. The summed E-state index contributed by atoms with van der Waals surface area (Å²) in [4.78, 5) is 16.7. The van der Waals surface area contributed by atoms with Crippen LogP contribution in [0.1, 0.15) is 30.6 Å². The number of ether oxygens (including phenoxy) is 1. The molecule has 0 spiro atoms. The fraction of sp³-hybridized carbons (Fsp3) is 0.194. The summed E-state index contributed by atoms with van der Waals surface area (Å²) in [6, 6.07) is 24.9. The van der Waals surface area contributed by atoms with E-state index in [1.54, 1.807) is 22.7 Å². The van der Waals surface area contributed by atoms with Gasteiger partial charge in [0, 0.05) is 48.1 Å². The number of para-hydroxylation sites is 2. The van der Waals surface area contributed by atoms with Gasteiger partial charge in [-0.15, -0.1) is 22.7 Å². The maximum Gasteiger partial charge on any atom is 0.330 e. The van der Waals surface area contributed by atoms with Gasteiger partial charge >= 0.3 is 5.97 Å². The molecule has 1 aliphatic heterocycles. The van der Waals surface area contributed by atoms with Crippen molar-refractivity contribution >= 4 is 69.8 Å². The molecule has 5 nitrogen and oxygen atoms in total. The van der Waals surface area contributed by atoms with Crippen LogP contribution in [0.25, 0.3) is 11.4 Å². The zero-order valence-electron chi connectivity index (χ0n) is 22.9. The second-order valence-electron chi connectivity index (χ2n) is 9.34. The van der Waals surface area contributed by atoms with E-state index in [1.807, 2.05) is 36.4 Å². The van der Waals surface area contributed by atoms with Crippen LogP contribution in [0.2, 0.25) is 0 Å². The number of hydrogen-bond donors (Lipinski definition) is 0. The molecule has 0 fully saturated rings. The number of nitrogens with zero attached hydrogens (tertiary/aromatic N) is 2. The molecule has 3 heterocycles. The summed E-state index contributed by atoms with van der Waals surface area (Å²) in [6.45, 7) is 9.27. The standard InChI is InChI=1S/C31H31N2O3PS3/c1-6-29(34)35-17-18-36-37(38)32(25-13-9-7-10-14-25)30(27-19-21(2)39-23(27)4)31(28-20-22(3)40-24(28)5)33(37)26-15-11-8-12-16-26/h6-16,19-20H,1,17-18H2,2-5H3. The summed E-state index contributed by atoms with van der Waals surface area (Å²) in [7, 11) is 0. The third-order valence-electron chi connectivity index (χ3n) is 6.50. The lowest BCUT2D eigenvalue weighted by molar-refractivity contribution is -0.138. The van der Waals surface area contributed by atoms with Crippen molar-refractivity contribution in [3.63, 3.8) is 0 Å². The fourth-order valence-electron chi connectivity index (χ4n) is 4.92. The first-order valence-corrected chi connectivity index (χ1v) is 17.1. The van der Waals surface area contributed by atoms with E-state index in [0.29, 0.717) is 0 Å². The number of carbonyl (C=O) groups is 1. The zero-order valence-corrected chi connectivity index (χ0v) is 26.3. The smallest absolute Gasteiger partial charge is 0.330 e. The largest absolute Gasteiger partial charge is 0.460 e. The van der Waals surface area contributed by atoms with Crippen molar-refractivity contribution in [1.82, 2.24) is 0 Å². The number of carbonyl (C=O) groups excluding carboxylic acids is 1. The normalized spacial score (nSPS) is 14.6. The third-order valence-corrected chi connectivity index (χ3v) is 12.1. The monoisotopic (exact) mass is 606 g/mol. The lowest BCUT2D eigenvalue weighted by Crippen LogP contribution is -2.24. The van der Waals surface area contributed by atoms with Crippen LogP contribution in [-0.2, 0) is 25.9 Å². The second kappa shape index (κ2) is 11.9. The molecule has 1 aliphatic rings. The number of esters is 1. The predicted octanol–water partition coefficient (Wildman–Crippen LogP) is 8.87. The molecule has 0 amide bonds. The molecule has 2 aromatic carbocycles. The molecule has 2 aromatic heterocycles. The van der Waals surface area contributed by atoms with Gasteiger partial charge in [0.15, 0.2) is 0 Å². The lowest BCUT2D eigenvalue weighted by Gasteiger charge is -2.37. The van der Waals surface area contributed by atoms with Gasteiger partial charge in [0.25, 0.3) is 6.57 Å². The van der Waals surface area contributed by atoms with Gasteiger partial charge in [-0.05, 0) is 75.9 Å². The molecule has 0 N–H and O–H groups in total. The van der Waals surface area contributed by atoms with Crippen molar-refractivity contribution in [1.29, 1.82) is 0 Å². The Kier molecular flexibility index (Phi) is 8.45. The Hall–Kier alpha value is -3.00. The average Bonchev–Trinajstić information content (AvgIpc) is 3.55. The van der Waals surface area contributed by atoms with Crippen LogP contribution in [0.4, 0.5) is 11.4 Å². The third kappa shape index (κ3) is 5.35. The van der Waals surface area contributed by atoms with E-state index in [-0.39, 0.29) is 13.2 Å². The molecule has 5 rings (SSSR count). The van der Waals surface area contributed by atoms with Gasteiger partial charge in [0.05, 0.1) is 18.0 Å². The van der Waals surface area contributed by atoms with Gasteiger partial charge in [-0.2, -0.15) is 0 Å². The van der Waals surface area contributed by atoms with E-state index in [1.165, 1.54) is 19.5 Å². The maximum atomic E-state index is 11.8. The number of aryl methyl sites for hydroxylation is 4. The minimum atomic E-state index is -3.05. The van der Waals surface area contributed by atoms with Crippen LogP contribution >= 0.6 is 29.2 Å². The van der Waals surface area contributed by atoms with E-state index in [0.717, 1.165) is 40.0 Å². The van der Waals surface area contributed by atoms with Gasteiger partial charge in [-0.25, -0.2) is 4.79 Å². The Bertz CT molecular complexity index is 1520. The Morgan fingerprint density at radius 2 is 1.27 bits per heavy atom. The van der Waals surface area contributed by atoms with Crippen LogP contribution in [0.15, 0.2) is 85.5 Å². The lowest BCUT2D eigenvalue weighted by atomic mass is 10.0. The molecule has 206 valence electrons. The highest BCUT2D eigenvalue weighted by atomic mass is 32.5. The molecule has 9 heteroatoms. The van der Waals surface area contributed by atoms with Crippen LogP contribution < -0.4 is 9.34 Å². The maximum absolute atomic E-state index is 11.8. The van der Waals surface area contributed by atoms with E-state index < -0.39 is 12.5 Å². The Morgan fingerprint density at radius 3 is 1.65 bits per heavy atom. The predicted molar refractivity (Wildman–Crippen MR) is 174 cm³/mol. The molecule has 4 aromatic rings. The Labute approximate surface area is 249 Å². The molecule has 0 aliphatic carbocycles. The van der Waals surface area contributed by atoms with E-state index >= 15 is 0 Å². The van der Waals surface area contributed by atoms with Crippen molar-refractivity contribution in [2.45, 2.75) is 27.7 Å². The Balaban J connectivity index is 1.81. The molecule has 0 saturated carbocycles. The van der Waals surface area contributed by atoms with Gasteiger partial charge in [0.2, 0.25) is 0 Å². The molecule has 0 saturated heterocycles. The van der Waals surface area contributed by atoms with Gasteiger partial charge in [-0.3, -0.25) is 9.34 Å².